The molecule has 1 heterocycles. The highest BCUT2D eigenvalue weighted by Gasteiger charge is 2.20. The molecule has 88 valence electrons. The molecule has 0 saturated heterocycles. The van der Waals surface area contributed by atoms with Gasteiger partial charge in [0.15, 0.2) is 5.11 Å². The average Bonchev–Trinajstić information content (AvgIpc) is 2.17. The van der Waals surface area contributed by atoms with Gasteiger partial charge in [0.1, 0.15) is 0 Å². The van der Waals surface area contributed by atoms with E-state index in [0.717, 1.165) is 5.69 Å². The van der Waals surface area contributed by atoms with E-state index < -0.39 is 0 Å². The quantitative estimate of drug-likeness (QED) is 0.776. The highest BCUT2D eigenvalue weighted by molar-refractivity contribution is 7.80. The van der Waals surface area contributed by atoms with Crippen molar-refractivity contribution in [3.8, 4) is 0 Å². The fourth-order valence-corrected chi connectivity index (χ4v) is 1.31. The van der Waals surface area contributed by atoms with E-state index in [4.69, 9.17) is 12.2 Å². The van der Waals surface area contributed by atoms with E-state index in [1.807, 2.05) is 12.1 Å². The lowest BCUT2D eigenvalue weighted by molar-refractivity contribution is 0.317. The smallest absolute Gasteiger partial charge is 0.171 e. The number of hydrogen-bond acceptors (Lipinski definition) is 2. The van der Waals surface area contributed by atoms with Crippen LogP contribution in [0.5, 0.6) is 0 Å². The van der Waals surface area contributed by atoms with Crippen LogP contribution in [0.25, 0.3) is 0 Å². The van der Waals surface area contributed by atoms with Crippen molar-refractivity contribution in [2.75, 3.05) is 5.32 Å². The first-order chi connectivity index (χ1) is 7.39. The van der Waals surface area contributed by atoms with E-state index >= 15 is 0 Å². The van der Waals surface area contributed by atoms with Crippen molar-refractivity contribution in [2.24, 2.45) is 5.41 Å². The fraction of sp³-hybridized carbons (Fsp3) is 0.500. The lowest BCUT2D eigenvalue weighted by atomic mass is 9.88. The zero-order chi connectivity index (χ0) is 12.2. The molecule has 0 saturated carbocycles. The van der Waals surface area contributed by atoms with Gasteiger partial charge in [0.2, 0.25) is 0 Å². The minimum atomic E-state index is 0.181. The van der Waals surface area contributed by atoms with E-state index in [1.165, 1.54) is 0 Å². The summed E-state index contributed by atoms with van der Waals surface area (Å²) in [5, 5.41) is 7.00. The molecule has 1 aromatic heterocycles. The second-order valence-corrected chi connectivity index (χ2v) is 5.34. The number of aromatic nitrogens is 1. The minimum Gasteiger partial charge on any atom is -0.359 e. The summed E-state index contributed by atoms with van der Waals surface area (Å²) in [7, 11) is 0. The first kappa shape index (κ1) is 12.9. The number of nitrogens with one attached hydrogen (secondary N) is 2. The van der Waals surface area contributed by atoms with Gasteiger partial charge in [-0.3, -0.25) is 4.98 Å². The van der Waals surface area contributed by atoms with Crippen molar-refractivity contribution in [1.29, 1.82) is 0 Å². The van der Waals surface area contributed by atoms with Gasteiger partial charge in [0.25, 0.3) is 0 Å². The maximum atomic E-state index is 5.23. The first-order valence-corrected chi connectivity index (χ1v) is 5.78. The lowest BCUT2D eigenvalue weighted by Crippen LogP contribution is -2.43. The molecule has 0 aliphatic carbocycles. The number of hydrogen-bond donors (Lipinski definition) is 2. The molecule has 0 radical (unpaired) electrons. The normalized spacial score (nSPS) is 13.0. The molecule has 0 aromatic carbocycles. The Bertz CT molecular complexity index is 343. The van der Waals surface area contributed by atoms with Crippen LogP contribution in [-0.2, 0) is 0 Å². The Kier molecular flexibility index (Phi) is 4.24. The van der Waals surface area contributed by atoms with Gasteiger partial charge in [-0.15, -0.1) is 0 Å². The maximum absolute atomic E-state index is 5.23. The van der Waals surface area contributed by atoms with Crippen molar-refractivity contribution in [3.05, 3.63) is 24.5 Å². The number of rotatable bonds is 2. The molecule has 0 aliphatic heterocycles. The topological polar surface area (TPSA) is 37.0 Å². The Morgan fingerprint density at radius 2 is 2.12 bits per heavy atom. The number of nitrogens with zero attached hydrogens (tertiary/aromatic N) is 1. The Balaban J connectivity index is 2.49. The van der Waals surface area contributed by atoms with Crippen LogP contribution in [0.3, 0.4) is 0 Å². The maximum Gasteiger partial charge on any atom is 0.171 e. The molecule has 0 fully saturated rings. The number of thiocarbonyl (C=S) groups is 1. The minimum absolute atomic E-state index is 0.181. The van der Waals surface area contributed by atoms with Gasteiger partial charge in [-0.25, -0.2) is 0 Å². The summed E-state index contributed by atoms with van der Waals surface area (Å²) < 4.78 is 0. The van der Waals surface area contributed by atoms with Crippen LogP contribution in [0.2, 0.25) is 0 Å². The van der Waals surface area contributed by atoms with Crippen molar-refractivity contribution in [2.45, 2.75) is 33.7 Å². The summed E-state index contributed by atoms with van der Waals surface area (Å²) in [4.78, 5) is 4.02. The molecule has 16 heavy (non-hydrogen) atoms. The standard InChI is InChI=1S/C12H19N3S/c1-9(12(2,3)4)14-11(16)15-10-6-5-7-13-8-10/h5-9H,1-4H3,(H2,14,15,16). The van der Waals surface area contributed by atoms with E-state index in [9.17, 15) is 0 Å². The van der Waals surface area contributed by atoms with Gasteiger partial charge in [-0.1, -0.05) is 20.8 Å². The molecular formula is C12H19N3S. The van der Waals surface area contributed by atoms with E-state index in [1.54, 1.807) is 12.4 Å². The molecule has 1 aromatic rings. The summed E-state index contributed by atoms with van der Waals surface area (Å²) in [5.41, 5.74) is 1.09. The van der Waals surface area contributed by atoms with Crippen molar-refractivity contribution in [3.63, 3.8) is 0 Å². The monoisotopic (exact) mass is 237 g/mol. The Labute approximate surface area is 103 Å². The third-order valence-corrected chi connectivity index (χ3v) is 2.79. The Morgan fingerprint density at radius 3 is 2.62 bits per heavy atom. The number of pyridine rings is 1. The predicted octanol–water partition coefficient (Wildman–Crippen LogP) is 2.80. The molecule has 2 N–H and O–H groups in total. The molecule has 1 atom stereocenters. The van der Waals surface area contributed by atoms with Gasteiger partial charge < -0.3 is 10.6 Å². The lowest BCUT2D eigenvalue weighted by Gasteiger charge is -2.29. The molecule has 0 amide bonds. The summed E-state index contributed by atoms with van der Waals surface area (Å²) in [6.45, 7) is 8.66. The van der Waals surface area contributed by atoms with E-state index in [2.05, 4.69) is 43.3 Å². The second kappa shape index (κ2) is 5.25. The largest absolute Gasteiger partial charge is 0.359 e. The molecule has 4 heteroatoms. The molecule has 1 rings (SSSR count). The van der Waals surface area contributed by atoms with Crippen molar-refractivity contribution in [1.82, 2.24) is 10.3 Å². The number of anilines is 1. The van der Waals surface area contributed by atoms with Crippen LogP contribution in [0.4, 0.5) is 5.69 Å². The molecule has 0 spiro atoms. The highest BCUT2D eigenvalue weighted by atomic mass is 32.1. The van der Waals surface area contributed by atoms with Crippen LogP contribution < -0.4 is 10.6 Å². The zero-order valence-corrected chi connectivity index (χ0v) is 11.1. The molecule has 1 unspecified atom stereocenters. The summed E-state index contributed by atoms with van der Waals surface area (Å²) >= 11 is 5.23. The van der Waals surface area contributed by atoms with Gasteiger partial charge in [0.05, 0.1) is 11.9 Å². The van der Waals surface area contributed by atoms with Crippen LogP contribution >= 0.6 is 12.2 Å². The van der Waals surface area contributed by atoms with Crippen LogP contribution in [0, 0.1) is 5.41 Å². The van der Waals surface area contributed by atoms with Gasteiger partial charge in [-0.05, 0) is 36.7 Å². The Morgan fingerprint density at radius 1 is 1.44 bits per heavy atom. The van der Waals surface area contributed by atoms with Crippen LogP contribution in [0.15, 0.2) is 24.5 Å². The van der Waals surface area contributed by atoms with E-state index in [0.29, 0.717) is 11.2 Å². The Hall–Kier alpha value is -1.16. The third-order valence-electron chi connectivity index (χ3n) is 2.57. The average molecular weight is 237 g/mol. The third kappa shape index (κ3) is 4.14. The predicted molar refractivity (Wildman–Crippen MR) is 72.5 cm³/mol. The van der Waals surface area contributed by atoms with Gasteiger partial charge in [0, 0.05) is 12.2 Å². The molecular weight excluding hydrogens is 218 g/mol. The van der Waals surface area contributed by atoms with Crippen molar-refractivity contribution < 1.29 is 0 Å². The summed E-state index contributed by atoms with van der Waals surface area (Å²) in [6.07, 6.45) is 3.48. The first-order valence-electron chi connectivity index (χ1n) is 5.37. The summed E-state index contributed by atoms with van der Waals surface area (Å²) in [5.74, 6) is 0. The van der Waals surface area contributed by atoms with Crippen molar-refractivity contribution >= 4 is 23.0 Å². The zero-order valence-electron chi connectivity index (χ0n) is 10.2. The van der Waals surface area contributed by atoms with E-state index in [-0.39, 0.29) is 5.41 Å². The van der Waals surface area contributed by atoms with Crippen LogP contribution in [0.1, 0.15) is 27.7 Å². The molecule has 0 bridgehead atoms. The SMILES string of the molecule is CC(NC(=S)Nc1cccnc1)C(C)(C)C. The molecule has 0 aliphatic rings. The highest BCUT2D eigenvalue weighted by Crippen LogP contribution is 2.18. The fourth-order valence-electron chi connectivity index (χ4n) is 1.02. The second-order valence-electron chi connectivity index (χ2n) is 4.93. The summed E-state index contributed by atoms with van der Waals surface area (Å²) in [6, 6.07) is 4.12. The van der Waals surface area contributed by atoms with Gasteiger partial charge >= 0.3 is 0 Å². The molecule has 3 nitrogen and oxygen atoms in total. The van der Waals surface area contributed by atoms with Crippen LogP contribution in [-0.4, -0.2) is 16.1 Å². The van der Waals surface area contributed by atoms with Gasteiger partial charge in [-0.2, -0.15) is 0 Å².